The number of hydrogen-bond donors (Lipinski definition) is 1. The highest BCUT2D eigenvalue weighted by Crippen LogP contribution is 2.37. The summed E-state index contributed by atoms with van der Waals surface area (Å²) >= 11 is 0. The molecule has 0 saturated carbocycles. The Hall–Kier alpha value is -5.54. The highest BCUT2D eigenvalue weighted by atomic mass is 14.9. The third kappa shape index (κ3) is 5.53. The molecule has 7 rings (SSSR count). The van der Waals surface area contributed by atoms with Crippen LogP contribution in [0.1, 0.15) is 18.1 Å². The van der Waals surface area contributed by atoms with Crippen LogP contribution in [0.15, 0.2) is 164 Å². The first-order valence-electron chi connectivity index (χ1n) is 14.6. The molecule has 1 N–H and O–H groups in total. The summed E-state index contributed by atoms with van der Waals surface area (Å²) in [7, 11) is 0. The molecule has 2 aromatic heterocycles. The van der Waals surface area contributed by atoms with Gasteiger partial charge in [-0.1, -0.05) is 109 Å². The Labute approximate surface area is 253 Å². The Kier molecular flexibility index (Phi) is 6.98. The first-order valence-corrected chi connectivity index (χ1v) is 14.6. The highest BCUT2D eigenvalue weighted by molar-refractivity contribution is 5.80. The minimum Gasteiger partial charge on any atom is -0.378 e. The Balaban J connectivity index is 1.38. The van der Waals surface area contributed by atoms with Gasteiger partial charge >= 0.3 is 0 Å². The summed E-state index contributed by atoms with van der Waals surface area (Å²) < 4.78 is 0. The molecule has 0 bridgehead atoms. The Morgan fingerprint density at radius 2 is 1.07 bits per heavy atom. The van der Waals surface area contributed by atoms with Crippen LogP contribution in [0.4, 0.5) is 0 Å². The van der Waals surface area contributed by atoms with Crippen LogP contribution in [0.5, 0.6) is 0 Å². The van der Waals surface area contributed by atoms with E-state index in [1.807, 2.05) is 36.5 Å². The topological polar surface area (TPSA) is 37.8 Å². The molecule has 6 aromatic rings. The molecule has 0 fully saturated rings. The predicted molar refractivity (Wildman–Crippen MR) is 178 cm³/mol. The van der Waals surface area contributed by atoms with Crippen LogP contribution in [-0.2, 0) is 5.54 Å². The molecule has 1 aliphatic heterocycles. The fourth-order valence-electron chi connectivity index (χ4n) is 5.56. The molecule has 3 heteroatoms. The number of nitrogens with zero attached hydrogens (tertiary/aromatic N) is 2. The zero-order valence-corrected chi connectivity index (χ0v) is 24.0. The van der Waals surface area contributed by atoms with E-state index >= 15 is 0 Å². The van der Waals surface area contributed by atoms with Gasteiger partial charge < -0.3 is 5.32 Å². The van der Waals surface area contributed by atoms with E-state index in [-0.39, 0.29) is 0 Å². The lowest BCUT2D eigenvalue weighted by Gasteiger charge is -2.32. The van der Waals surface area contributed by atoms with Gasteiger partial charge in [0.25, 0.3) is 0 Å². The zero-order chi connectivity index (χ0) is 29.1. The molecule has 3 heterocycles. The highest BCUT2D eigenvalue weighted by Gasteiger charge is 2.26. The van der Waals surface area contributed by atoms with Crippen molar-refractivity contribution in [2.75, 3.05) is 0 Å². The second-order valence-electron chi connectivity index (χ2n) is 11.0. The SMILES string of the molecule is CC1(c2cc(-c3cc(-c4ccccc4)nc(-c4ccccc4)c3)cc(-c3ccccn3)c2)C=CC(c2ccccc2)=CN1. The van der Waals surface area contributed by atoms with Crippen molar-refractivity contribution in [3.8, 4) is 44.9 Å². The second-order valence-corrected chi connectivity index (χ2v) is 11.0. The van der Waals surface area contributed by atoms with E-state index < -0.39 is 5.54 Å². The average Bonchev–Trinajstić information content (AvgIpc) is 3.10. The van der Waals surface area contributed by atoms with Gasteiger partial charge in [-0.25, -0.2) is 4.98 Å². The zero-order valence-electron chi connectivity index (χ0n) is 24.0. The minimum atomic E-state index is -0.407. The number of hydrogen-bond acceptors (Lipinski definition) is 3. The van der Waals surface area contributed by atoms with Gasteiger partial charge in [0.1, 0.15) is 0 Å². The number of benzene rings is 4. The van der Waals surface area contributed by atoms with Gasteiger partial charge in [0.15, 0.2) is 0 Å². The normalized spacial score (nSPS) is 15.9. The molecule has 0 radical (unpaired) electrons. The van der Waals surface area contributed by atoms with Crippen molar-refractivity contribution >= 4 is 5.57 Å². The number of allylic oxidation sites excluding steroid dienone is 2. The molecule has 0 aliphatic carbocycles. The van der Waals surface area contributed by atoms with Gasteiger partial charge in [-0.05, 0) is 77.2 Å². The van der Waals surface area contributed by atoms with Gasteiger partial charge in [0.2, 0.25) is 0 Å². The Morgan fingerprint density at radius 1 is 0.512 bits per heavy atom. The van der Waals surface area contributed by atoms with Crippen molar-refractivity contribution in [2.24, 2.45) is 0 Å². The maximum absolute atomic E-state index is 5.10. The Bertz CT molecular complexity index is 1870. The fourth-order valence-corrected chi connectivity index (χ4v) is 5.56. The van der Waals surface area contributed by atoms with Gasteiger partial charge in [0, 0.05) is 29.1 Å². The molecule has 1 aliphatic rings. The van der Waals surface area contributed by atoms with Crippen LogP contribution in [0.25, 0.3) is 50.5 Å². The third-order valence-corrected chi connectivity index (χ3v) is 8.02. The first-order chi connectivity index (χ1) is 21.1. The van der Waals surface area contributed by atoms with Crippen LogP contribution < -0.4 is 5.32 Å². The predicted octanol–water partition coefficient (Wildman–Crippen LogP) is 9.56. The van der Waals surface area contributed by atoms with Crippen LogP contribution >= 0.6 is 0 Å². The molecule has 43 heavy (non-hydrogen) atoms. The lowest BCUT2D eigenvalue weighted by atomic mass is 9.84. The summed E-state index contributed by atoms with van der Waals surface area (Å²) in [5, 5.41) is 3.71. The van der Waals surface area contributed by atoms with Crippen molar-refractivity contribution < 1.29 is 0 Å². The summed E-state index contributed by atoms with van der Waals surface area (Å²) in [5.41, 5.74) is 11.4. The lowest BCUT2D eigenvalue weighted by molar-refractivity contribution is 0.526. The molecule has 0 spiro atoms. The summed E-state index contributed by atoms with van der Waals surface area (Å²) in [4.78, 5) is 9.81. The van der Waals surface area contributed by atoms with E-state index in [1.165, 1.54) is 5.56 Å². The van der Waals surface area contributed by atoms with Crippen LogP contribution in [-0.4, -0.2) is 9.97 Å². The molecule has 1 unspecified atom stereocenters. The quantitative estimate of drug-likeness (QED) is 0.223. The van der Waals surface area contributed by atoms with Crippen molar-refractivity contribution in [2.45, 2.75) is 12.5 Å². The number of nitrogens with one attached hydrogen (secondary N) is 1. The third-order valence-electron chi connectivity index (χ3n) is 8.02. The van der Waals surface area contributed by atoms with Crippen molar-refractivity contribution in [1.82, 2.24) is 15.3 Å². The number of aromatic nitrogens is 2. The summed E-state index contributed by atoms with van der Waals surface area (Å²) in [6.07, 6.45) is 8.45. The van der Waals surface area contributed by atoms with Crippen molar-refractivity contribution in [3.63, 3.8) is 0 Å². The van der Waals surface area contributed by atoms with Gasteiger partial charge in [-0.3, -0.25) is 4.98 Å². The lowest BCUT2D eigenvalue weighted by Crippen LogP contribution is -2.35. The maximum Gasteiger partial charge on any atom is 0.0780 e. The number of dihydropyridines is 1. The second kappa shape index (κ2) is 11.4. The van der Waals surface area contributed by atoms with Crippen LogP contribution in [0.2, 0.25) is 0 Å². The van der Waals surface area contributed by atoms with E-state index in [1.54, 1.807) is 0 Å². The molecule has 206 valence electrons. The van der Waals surface area contributed by atoms with E-state index in [0.29, 0.717) is 0 Å². The summed E-state index contributed by atoms with van der Waals surface area (Å²) in [5.74, 6) is 0. The van der Waals surface area contributed by atoms with Crippen LogP contribution in [0.3, 0.4) is 0 Å². The molecule has 0 amide bonds. The van der Waals surface area contributed by atoms with Crippen LogP contribution in [0, 0.1) is 0 Å². The maximum atomic E-state index is 5.10. The van der Waals surface area contributed by atoms with Crippen molar-refractivity contribution in [1.29, 1.82) is 0 Å². The van der Waals surface area contributed by atoms with E-state index in [2.05, 4.69) is 140 Å². The molecular formula is C40H31N3. The number of rotatable bonds is 6. The summed E-state index contributed by atoms with van der Waals surface area (Å²) in [6.45, 7) is 2.22. The molecular weight excluding hydrogens is 522 g/mol. The molecule has 0 saturated heterocycles. The van der Waals surface area contributed by atoms with Crippen molar-refractivity contribution in [3.05, 3.63) is 175 Å². The fraction of sp³-hybridized carbons (Fsp3) is 0.0500. The van der Waals surface area contributed by atoms with Gasteiger partial charge in [0.05, 0.1) is 22.6 Å². The first kappa shape index (κ1) is 26.4. The van der Waals surface area contributed by atoms with E-state index in [4.69, 9.17) is 9.97 Å². The standard InChI is InChI=1S/C40H31N3/c1-40(21-20-32(28-42-40)29-13-5-2-6-14-29)36-24-33(23-35(25-36)37-19-11-12-22-41-37)34-26-38(30-15-7-3-8-16-30)43-39(27-34)31-17-9-4-10-18-31/h2-28,42H,1H3. The van der Waals surface area contributed by atoms with E-state index in [9.17, 15) is 0 Å². The van der Waals surface area contributed by atoms with E-state index in [0.717, 1.165) is 56.0 Å². The largest absolute Gasteiger partial charge is 0.378 e. The van der Waals surface area contributed by atoms with Gasteiger partial charge in [-0.15, -0.1) is 0 Å². The van der Waals surface area contributed by atoms with Gasteiger partial charge in [-0.2, -0.15) is 0 Å². The minimum absolute atomic E-state index is 0.407. The summed E-state index contributed by atoms with van der Waals surface area (Å²) in [6, 6.07) is 48.5. The molecule has 3 nitrogen and oxygen atoms in total. The smallest absolute Gasteiger partial charge is 0.0780 e. The average molecular weight is 554 g/mol. The Morgan fingerprint density at radius 3 is 1.63 bits per heavy atom. The number of pyridine rings is 2. The molecule has 4 aromatic carbocycles. The molecule has 1 atom stereocenters. The monoisotopic (exact) mass is 553 g/mol.